The van der Waals surface area contributed by atoms with Crippen molar-refractivity contribution in [2.45, 2.75) is 0 Å². The molecule has 0 amide bonds. The molecule has 0 saturated carbocycles. The van der Waals surface area contributed by atoms with Crippen molar-refractivity contribution >= 4 is 29.0 Å². The van der Waals surface area contributed by atoms with Crippen LogP contribution in [0.15, 0.2) is 24.3 Å². The number of nitrogen functional groups attached to an aromatic ring is 1. The summed E-state index contributed by atoms with van der Waals surface area (Å²) in [6.45, 7) is 2.16. The molecule has 24 heavy (non-hydrogen) atoms. The Labute approximate surface area is 136 Å². The molecule has 0 radical (unpaired) electrons. The highest BCUT2D eigenvalue weighted by Gasteiger charge is 2.25. The van der Waals surface area contributed by atoms with Crippen LogP contribution in [-0.2, 0) is 4.74 Å². The minimum absolute atomic E-state index is 0.0411. The van der Waals surface area contributed by atoms with Gasteiger partial charge in [0.25, 0.3) is 0 Å². The van der Waals surface area contributed by atoms with Crippen molar-refractivity contribution in [3.05, 3.63) is 40.2 Å². The zero-order valence-electron chi connectivity index (χ0n) is 12.6. The molecular weight excluding hydrogens is 319 g/mol. The zero-order chi connectivity index (χ0) is 17.1. The predicted octanol–water partition coefficient (Wildman–Crippen LogP) is 1.69. The Morgan fingerprint density at radius 1 is 1.25 bits per heavy atom. The smallest absolute Gasteiger partial charge is 0.353 e. The van der Waals surface area contributed by atoms with Crippen LogP contribution in [0.25, 0.3) is 0 Å². The van der Waals surface area contributed by atoms with Crippen LogP contribution in [0.5, 0.6) is 0 Å². The maximum atomic E-state index is 13.0. The normalized spacial score (nSPS) is 14.5. The Morgan fingerprint density at radius 3 is 2.54 bits per heavy atom. The van der Waals surface area contributed by atoms with Crippen molar-refractivity contribution in [3.8, 4) is 0 Å². The number of nitrogens with one attached hydrogen (secondary N) is 1. The number of nitro groups is 1. The third-order valence-electron chi connectivity index (χ3n) is 3.48. The van der Waals surface area contributed by atoms with Gasteiger partial charge in [0.05, 0.1) is 18.1 Å². The Hall–Kier alpha value is -3.01. The Bertz CT molecular complexity index is 749. The second-order valence-corrected chi connectivity index (χ2v) is 5.09. The Kier molecular flexibility index (Phi) is 4.38. The monoisotopic (exact) mass is 334 g/mol. The molecule has 0 bridgehead atoms. The maximum absolute atomic E-state index is 13.0. The molecule has 2 heterocycles. The summed E-state index contributed by atoms with van der Waals surface area (Å²) in [5.41, 5.74) is 5.79. The molecule has 1 aliphatic rings. The average molecular weight is 334 g/mol. The summed E-state index contributed by atoms with van der Waals surface area (Å²) in [5.74, 6) is -0.404. The Balaban J connectivity index is 1.98. The lowest BCUT2D eigenvalue weighted by atomic mass is 10.3. The molecule has 1 aromatic carbocycles. The second-order valence-electron chi connectivity index (χ2n) is 5.09. The lowest BCUT2D eigenvalue weighted by molar-refractivity contribution is -0.383. The van der Waals surface area contributed by atoms with E-state index in [1.165, 1.54) is 24.3 Å². The third-order valence-corrected chi connectivity index (χ3v) is 3.48. The molecule has 0 spiro atoms. The third kappa shape index (κ3) is 3.33. The lowest BCUT2D eigenvalue weighted by Crippen LogP contribution is -2.37. The number of aromatic nitrogens is 2. The molecule has 126 valence electrons. The number of morpholine rings is 1. The van der Waals surface area contributed by atoms with Gasteiger partial charge in [-0.1, -0.05) is 0 Å². The molecule has 3 rings (SSSR count). The van der Waals surface area contributed by atoms with E-state index in [0.717, 1.165) is 0 Å². The van der Waals surface area contributed by atoms with Crippen molar-refractivity contribution in [1.29, 1.82) is 0 Å². The van der Waals surface area contributed by atoms with E-state index in [1.54, 1.807) is 0 Å². The van der Waals surface area contributed by atoms with E-state index in [1.807, 2.05) is 4.90 Å². The van der Waals surface area contributed by atoms with Gasteiger partial charge in [-0.3, -0.25) is 10.1 Å². The number of hydrogen-bond donors (Lipinski definition) is 2. The van der Waals surface area contributed by atoms with Crippen LogP contribution in [0.1, 0.15) is 0 Å². The molecule has 1 aromatic heterocycles. The highest BCUT2D eigenvalue weighted by molar-refractivity contribution is 5.74. The number of halogens is 1. The summed E-state index contributed by atoms with van der Waals surface area (Å²) < 4.78 is 18.3. The first-order chi connectivity index (χ1) is 11.5. The van der Waals surface area contributed by atoms with Gasteiger partial charge >= 0.3 is 5.69 Å². The van der Waals surface area contributed by atoms with E-state index >= 15 is 0 Å². The summed E-state index contributed by atoms with van der Waals surface area (Å²) >= 11 is 0. The molecule has 1 saturated heterocycles. The first kappa shape index (κ1) is 15.9. The predicted molar refractivity (Wildman–Crippen MR) is 85.8 cm³/mol. The minimum Gasteiger partial charge on any atom is -0.378 e. The van der Waals surface area contributed by atoms with Crippen LogP contribution in [0.2, 0.25) is 0 Å². The zero-order valence-corrected chi connectivity index (χ0v) is 12.6. The van der Waals surface area contributed by atoms with Crippen molar-refractivity contribution in [2.75, 3.05) is 42.3 Å². The van der Waals surface area contributed by atoms with Gasteiger partial charge in [0.1, 0.15) is 5.82 Å². The second kappa shape index (κ2) is 6.62. The van der Waals surface area contributed by atoms with Gasteiger partial charge in [-0.15, -0.1) is 0 Å². The van der Waals surface area contributed by atoms with Gasteiger partial charge in [-0.25, -0.2) is 4.39 Å². The van der Waals surface area contributed by atoms with Gasteiger partial charge in [0.2, 0.25) is 17.6 Å². The molecule has 0 atom stereocenters. The van der Waals surface area contributed by atoms with Crippen molar-refractivity contribution in [1.82, 2.24) is 9.97 Å². The van der Waals surface area contributed by atoms with Crippen LogP contribution >= 0.6 is 0 Å². The van der Waals surface area contributed by atoms with Gasteiger partial charge in [0.15, 0.2) is 0 Å². The van der Waals surface area contributed by atoms with Crippen molar-refractivity contribution in [2.24, 2.45) is 0 Å². The van der Waals surface area contributed by atoms with Crippen LogP contribution in [0, 0.1) is 15.9 Å². The number of ether oxygens (including phenoxy) is 1. The summed E-state index contributed by atoms with van der Waals surface area (Å²) in [6.07, 6.45) is 0. The van der Waals surface area contributed by atoms with E-state index in [-0.39, 0.29) is 17.6 Å². The van der Waals surface area contributed by atoms with Crippen LogP contribution in [0.4, 0.5) is 33.3 Å². The molecule has 2 aromatic rings. The fourth-order valence-corrected chi connectivity index (χ4v) is 2.30. The summed E-state index contributed by atoms with van der Waals surface area (Å²) in [4.78, 5) is 20.7. The first-order valence-electron chi connectivity index (χ1n) is 7.22. The molecule has 1 fully saturated rings. The quantitative estimate of drug-likeness (QED) is 0.640. The lowest BCUT2D eigenvalue weighted by Gasteiger charge is -2.27. The number of anilines is 4. The average Bonchev–Trinajstić information content (AvgIpc) is 2.57. The van der Waals surface area contributed by atoms with Crippen LogP contribution in [-0.4, -0.2) is 41.2 Å². The molecule has 1 aliphatic heterocycles. The number of hydrogen-bond acceptors (Lipinski definition) is 8. The fourth-order valence-electron chi connectivity index (χ4n) is 2.30. The van der Waals surface area contributed by atoms with Gasteiger partial charge in [-0.2, -0.15) is 9.97 Å². The molecule has 10 heteroatoms. The first-order valence-corrected chi connectivity index (χ1v) is 7.22. The van der Waals surface area contributed by atoms with Crippen molar-refractivity contribution < 1.29 is 14.1 Å². The number of nitrogens with two attached hydrogens (primary N) is 1. The van der Waals surface area contributed by atoms with E-state index in [9.17, 15) is 14.5 Å². The molecule has 0 aliphatic carbocycles. The molecule has 9 nitrogen and oxygen atoms in total. The molecule has 0 unspecified atom stereocenters. The summed E-state index contributed by atoms with van der Waals surface area (Å²) in [5, 5.41) is 14.1. The molecular formula is C14H15FN6O3. The SMILES string of the molecule is Nc1nc(N2CCOCC2)nc(Nc2ccc(F)cc2)c1[N+](=O)[O-]. The summed E-state index contributed by atoms with van der Waals surface area (Å²) in [6, 6.07) is 5.38. The highest BCUT2D eigenvalue weighted by atomic mass is 19.1. The van der Waals surface area contributed by atoms with Crippen LogP contribution in [0.3, 0.4) is 0 Å². The number of benzene rings is 1. The fraction of sp³-hybridized carbons (Fsp3) is 0.286. The maximum Gasteiger partial charge on any atom is 0.353 e. The van der Waals surface area contributed by atoms with Crippen molar-refractivity contribution in [3.63, 3.8) is 0 Å². The number of nitrogens with zero attached hydrogens (tertiary/aromatic N) is 4. The summed E-state index contributed by atoms with van der Waals surface area (Å²) in [7, 11) is 0. The van der Waals surface area contributed by atoms with E-state index in [0.29, 0.717) is 32.0 Å². The van der Waals surface area contributed by atoms with Gasteiger partial charge in [-0.05, 0) is 24.3 Å². The van der Waals surface area contributed by atoms with E-state index in [4.69, 9.17) is 10.5 Å². The highest BCUT2D eigenvalue weighted by Crippen LogP contribution is 2.32. The minimum atomic E-state index is -0.649. The largest absolute Gasteiger partial charge is 0.378 e. The van der Waals surface area contributed by atoms with Gasteiger partial charge in [0, 0.05) is 18.8 Å². The topological polar surface area (TPSA) is 119 Å². The van der Waals surface area contributed by atoms with Crippen LogP contribution < -0.4 is 16.0 Å². The number of rotatable bonds is 4. The van der Waals surface area contributed by atoms with Gasteiger partial charge < -0.3 is 20.7 Å². The molecule has 3 N–H and O–H groups in total. The van der Waals surface area contributed by atoms with E-state index in [2.05, 4.69) is 15.3 Å². The Morgan fingerprint density at radius 2 is 1.92 bits per heavy atom. The standard InChI is InChI=1S/C14H15FN6O3/c15-9-1-3-10(4-2-9)17-13-11(21(22)23)12(16)18-14(19-13)20-5-7-24-8-6-20/h1-4H,5-8H2,(H3,16,17,18,19). The van der Waals surface area contributed by atoms with E-state index < -0.39 is 16.4 Å².